The van der Waals surface area contributed by atoms with Gasteiger partial charge in [0.1, 0.15) is 11.3 Å². The maximum absolute atomic E-state index is 12.7. The molecular formula is C16H10Cl2O5S. The SMILES string of the molecule is COc1ccc2cc(S(=O)(=O)c3ccc(Cl)c(Cl)c3)c(=O)oc2c1. The van der Waals surface area contributed by atoms with Crippen LogP contribution in [0, 0.1) is 0 Å². The molecular weight excluding hydrogens is 375 g/mol. The largest absolute Gasteiger partial charge is 0.497 e. The van der Waals surface area contributed by atoms with E-state index in [0.29, 0.717) is 11.1 Å². The van der Waals surface area contributed by atoms with E-state index in [1.165, 1.54) is 37.4 Å². The molecule has 0 bridgehead atoms. The van der Waals surface area contributed by atoms with E-state index in [4.69, 9.17) is 32.4 Å². The van der Waals surface area contributed by atoms with Gasteiger partial charge in [0, 0.05) is 11.5 Å². The lowest BCUT2D eigenvalue weighted by molar-refractivity contribution is 0.414. The Morgan fingerprint density at radius 3 is 2.42 bits per heavy atom. The molecule has 0 fully saturated rings. The van der Waals surface area contributed by atoms with Gasteiger partial charge >= 0.3 is 5.63 Å². The van der Waals surface area contributed by atoms with Crippen molar-refractivity contribution in [1.29, 1.82) is 0 Å². The Morgan fingerprint density at radius 2 is 1.75 bits per heavy atom. The maximum atomic E-state index is 12.7. The second-order valence-electron chi connectivity index (χ2n) is 4.88. The van der Waals surface area contributed by atoms with E-state index >= 15 is 0 Å². The molecule has 0 aliphatic rings. The molecule has 24 heavy (non-hydrogen) atoms. The highest BCUT2D eigenvalue weighted by molar-refractivity contribution is 7.91. The fraction of sp³-hybridized carbons (Fsp3) is 0.0625. The Bertz CT molecular complexity index is 1100. The minimum atomic E-state index is -4.10. The molecule has 0 aliphatic carbocycles. The minimum absolute atomic E-state index is 0.0765. The van der Waals surface area contributed by atoms with Crippen molar-refractivity contribution in [3.8, 4) is 5.75 Å². The third kappa shape index (κ3) is 2.88. The van der Waals surface area contributed by atoms with E-state index in [0.717, 1.165) is 0 Å². The lowest BCUT2D eigenvalue weighted by Gasteiger charge is -2.06. The van der Waals surface area contributed by atoms with Gasteiger partial charge in [-0.05, 0) is 36.4 Å². The molecule has 8 heteroatoms. The topological polar surface area (TPSA) is 73.6 Å². The zero-order valence-corrected chi connectivity index (χ0v) is 14.6. The van der Waals surface area contributed by atoms with Gasteiger partial charge in [-0.1, -0.05) is 23.2 Å². The van der Waals surface area contributed by atoms with Crippen LogP contribution in [0.1, 0.15) is 0 Å². The molecule has 3 rings (SSSR count). The minimum Gasteiger partial charge on any atom is -0.497 e. The summed E-state index contributed by atoms with van der Waals surface area (Å²) in [4.78, 5) is 11.5. The fourth-order valence-electron chi connectivity index (χ4n) is 2.16. The van der Waals surface area contributed by atoms with Crippen LogP contribution >= 0.6 is 23.2 Å². The average molecular weight is 385 g/mol. The Balaban J connectivity index is 2.22. The van der Waals surface area contributed by atoms with Crippen LogP contribution in [-0.2, 0) is 9.84 Å². The third-order valence-electron chi connectivity index (χ3n) is 3.40. The zero-order valence-electron chi connectivity index (χ0n) is 12.2. The molecule has 0 saturated carbocycles. The van der Waals surface area contributed by atoms with Crippen LogP contribution in [0.2, 0.25) is 10.0 Å². The van der Waals surface area contributed by atoms with Crippen molar-refractivity contribution in [2.75, 3.05) is 7.11 Å². The van der Waals surface area contributed by atoms with E-state index in [2.05, 4.69) is 0 Å². The lowest BCUT2D eigenvalue weighted by Crippen LogP contribution is -2.14. The molecule has 0 radical (unpaired) electrons. The maximum Gasteiger partial charge on any atom is 0.355 e. The first kappa shape index (κ1) is 16.8. The van der Waals surface area contributed by atoms with E-state index in [-0.39, 0.29) is 20.5 Å². The van der Waals surface area contributed by atoms with Crippen molar-refractivity contribution in [2.24, 2.45) is 0 Å². The van der Waals surface area contributed by atoms with Gasteiger partial charge in [0.25, 0.3) is 0 Å². The molecule has 0 aliphatic heterocycles. The van der Waals surface area contributed by atoms with Gasteiger partial charge in [-0.15, -0.1) is 0 Å². The molecule has 0 unspecified atom stereocenters. The number of hydrogen-bond donors (Lipinski definition) is 0. The third-order valence-corrected chi connectivity index (χ3v) is 5.88. The molecule has 0 N–H and O–H groups in total. The summed E-state index contributed by atoms with van der Waals surface area (Å²) in [7, 11) is -2.62. The second-order valence-corrected chi connectivity index (χ2v) is 7.61. The Morgan fingerprint density at radius 1 is 1.00 bits per heavy atom. The van der Waals surface area contributed by atoms with E-state index in [9.17, 15) is 13.2 Å². The summed E-state index contributed by atoms with van der Waals surface area (Å²) in [5.74, 6) is 0.491. The second kappa shape index (κ2) is 6.12. The van der Waals surface area contributed by atoms with Crippen LogP contribution in [-0.4, -0.2) is 15.5 Å². The predicted octanol–water partition coefficient (Wildman–Crippen LogP) is 3.94. The fourth-order valence-corrected chi connectivity index (χ4v) is 3.84. The van der Waals surface area contributed by atoms with Crippen molar-refractivity contribution < 1.29 is 17.6 Å². The smallest absolute Gasteiger partial charge is 0.355 e. The number of hydrogen-bond acceptors (Lipinski definition) is 5. The molecule has 0 saturated heterocycles. The Hall–Kier alpha value is -2.02. The summed E-state index contributed by atoms with van der Waals surface area (Å²) in [5.41, 5.74) is -0.741. The van der Waals surface area contributed by atoms with Gasteiger partial charge in [-0.2, -0.15) is 0 Å². The highest BCUT2D eigenvalue weighted by Gasteiger charge is 2.24. The van der Waals surface area contributed by atoms with Crippen molar-refractivity contribution >= 4 is 44.0 Å². The summed E-state index contributed by atoms with van der Waals surface area (Å²) in [6.07, 6.45) is 0. The first-order valence-electron chi connectivity index (χ1n) is 6.65. The van der Waals surface area contributed by atoms with Crippen LogP contribution in [0.3, 0.4) is 0 Å². The summed E-state index contributed by atoms with van der Waals surface area (Å²) < 4.78 is 35.6. The molecule has 2 aromatic carbocycles. The zero-order chi connectivity index (χ0) is 17.5. The van der Waals surface area contributed by atoms with Crippen LogP contribution in [0.4, 0.5) is 0 Å². The molecule has 1 aromatic heterocycles. The number of fused-ring (bicyclic) bond motifs is 1. The van der Waals surface area contributed by atoms with Gasteiger partial charge in [-0.25, -0.2) is 13.2 Å². The van der Waals surface area contributed by atoms with Gasteiger partial charge in [0.15, 0.2) is 4.90 Å². The van der Waals surface area contributed by atoms with Gasteiger partial charge in [0.2, 0.25) is 9.84 Å². The molecule has 0 spiro atoms. The van der Waals surface area contributed by atoms with Crippen LogP contribution in [0.5, 0.6) is 5.75 Å². The highest BCUT2D eigenvalue weighted by atomic mass is 35.5. The summed E-state index contributed by atoms with van der Waals surface area (Å²) in [5, 5.41) is 0.745. The van der Waals surface area contributed by atoms with Gasteiger partial charge in [0.05, 0.1) is 22.1 Å². The standard InChI is InChI=1S/C16H10Cl2O5S/c1-22-10-3-2-9-6-15(16(19)23-14(9)7-10)24(20,21)11-4-5-12(17)13(18)8-11/h2-8H,1H3. The molecule has 1 heterocycles. The van der Waals surface area contributed by atoms with Crippen molar-refractivity contribution in [2.45, 2.75) is 9.79 Å². The first-order valence-corrected chi connectivity index (χ1v) is 8.89. The number of ether oxygens (including phenoxy) is 1. The molecule has 124 valence electrons. The Labute approximate surface area is 147 Å². The molecule has 3 aromatic rings. The predicted molar refractivity (Wildman–Crippen MR) is 90.9 cm³/mol. The number of rotatable bonds is 3. The van der Waals surface area contributed by atoms with Crippen LogP contribution in [0.15, 0.2) is 61.5 Å². The van der Waals surface area contributed by atoms with Crippen molar-refractivity contribution in [3.63, 3.8) is 0 Å². The van der Waals surface area contributed by atoms with E-state index in [1.54, 1.807) is 12.1 Å². The van der Waals surface area contributed by atoms with Crippen molar-refractivity contribution in [3.05, 3.63) is 62.9 Å². The number of halogens is 2. The quantitative estimate of drug-likeness (QED) is 0.639. The van der Waals surface area contributed by atoms with Crippen LogP contribution in [0.25, 0.3) is 11.0 Å². The van der Waals surface area contributed by atoms with Crippen LogP contribution < -0.4 is 10.4 Å². The molecule has 0 amide bonds. The molecule has 5 nitrogen and oxygen atoms in total. The molecule has 0 atom stereocenters. The Kier molecular flexibility index (Phi) is 4.29. The first-order chi connectivity index (χ1) is 11.3. The van der Waals surface area contributed by atoms with E-state index < -0.39 is 20.4 Å². The number of methoxy groups -OCH3 is 1. The normalized spacial score (nSPS) is 11.6. The summed E-state index contributed by atoms with van der Waals surface area (Å²) in [6.45, 7) is 0. The average Bonchev–Trinajstić information content (AvgIpc) is 2.55. The lowest BCUT2D eigenvalue weighted by atomic mass is 10.2. The van der Waals surface area contributed by atoms with E-state index in [1.807, 2.05) is 0 Å². The summed E-state index contributed by atoms with van der Waals surface area (Å²) in [6, 6.07) is 9.83. The highest BCUT2D eigenvalue weighted by Crippen LogP contribution is 2.29. The van der Waals surface area contributed by atoms with Gasteiger partial charge < -0.3 is 9.15 Å². The van der Waals surface area contributed by atoms with Gasteiger partial charge in [-0.3, -0.25) is 0 Å². The number of sulfone groups is 1. The summed E-state index contributed by atoms with van der Waals surface area (Å²) >= 11 is 11.7. The van der Waals surface area contributed by atoms with Crippen molar-refractivity contribution in [1.82, 2.24) is 0 Å². The monoisotopic (exact) mass is 384 g/mol. The number of benzene rings is 2.